The molecule has 1 atom stereocenters. The maximum atomic E-state index is 11.9. The molecule has 2 rings (SSSR count). The molecule has 0 fully saturated rings. The highest BCUT2D eigenvalue weighted by molar-refractivity contribution is 7.91. The number of aromatic nitrogens is 2. The van der Waals surface area contributed by atoms with Crippen LogP contribution >= 0.6 is 0 Å². The van der Waals surface area contributed by atoms with Crippen molar-refractivity contribution in [2.24, 2.45) is 0 Å². The van der Waals surface area contributed by atoms with Crippen LogP contribution in [0.25, 0.3) is 11.0 Å². The minimum absolute atomic E-state index is 0.141. The first-order valence-electron chi connectivity index (χ1n) is 5.47. The fourth-order valence-electron chi connectivity index (χ4n) is 1.56. The molecule has 0 radical (unpaired) electrons. The van der Waals surface area contributed by atoms with Crippen LogP contribution in [0.5, 0.6) is 0 Å². The van der Waals surface area contributed by atoms with E-state index < -0.39 is 17.3 Å². The van der Waals surface area contributed by atoms with Crippen LogP contribution < -0.4 is 5.32 Å². The summed E-state index contributed by atoms with van der Waals surface area (Å²) in [4.78, 5) is 18.0. The Labute approximate surface area is 112 Å². The Kier molecular flexibility index (Phi) is 4.25. The number of methoxy groups -OCH3 is 1. The maximum Gasteiger partial charge on any atom is 0.411 e. The zero-order valence-electron chi connectivity index (χ0n) is 10.2. The van der Waals surface area contributed by atoms with Gasteiger partial charge in [0.15, 0.2) is 4.90 Å². The summed E-state index contributed by atoms with van der Waals surface area (Å²) >= 11 is -1.16. The highest BCUT2D eigenvalue weighted by Crippen LogP contribution is 2.20. The molecule has 0 spiro atoms. The quantitative estimate of drug-likeness (QED) is 0.718. The highest BCUT2D eigenvalue weighted by atomic mass is 32.2. The van der Waals surface area contributed by atoms with Crippen molar-refractivity contribution in [1.29, 1.82) is 0 Å². The SMILES string of the molecule is COCC[S+]([O-])c1ccc2[nH]c(NC(=O)O)nc2c1. The summed E-state index contributed by atoms with van der Waals surface area (Å²) < 4.78 is 16.8. The molecule has 0 aliphatic carbocycles. The van der Waals surface area contributed by atoms with Gasteiger partial charge in [-0.05, 0) is 23.3 Å². The average Bonchev–Trinajstić information content (AvgIpc) is 2.75. The number of fused-ring (bicyclic) bond motifs is 1. The van der Waals surface area contributed by atoms with E-state index in [2.05, 4.69) is 15.3 Å². The van der Waals surface area contributed by atoms with Gasteiger partial charge in [0, 0.05) is 13.2 Å². The first-order chi connectivity index (χ1) is 9.10. The summed E-state index contributed by atoms with van der Waals surface area (Å²) in [6.07, 6.45) is -1.19. The second-order valence-electron chi connectivity index (χ2n) is 3.74. The van der Waals surface area contributed by atoms with Crippen molar-refractivity contribution >= 4 is 34.3 Å². The van der Waals surface area contributed by atoms with E-state index in [0.717, 1.165) is 0 Å². The van der Waals surface area contributed by atoms with Crippen molar-refractivity contribution in [2.75, 3.05) is 24.8 Å². The summed E-state index contributed by atoms with van der Waals surface area (Å²) in [6, 6.07) is 5.11. The Morgan fingerprint density at radius 3 is 3.11 bits per heavy atom. The minimum atomic E-state index is -1.19. The zero-order chi connectivity index (χ0) is 13.8. The molecule has 7 nitrogen and oxygen atoms in total. The van der Waals surface area contributed by atoms with E-state index in [1.807, 2.05) is 0 Å². The van der Waals surface area contributed by atoms with Gasteiger partial charge < -0.3 is 19.4 Å². The van der Waals surface area contributed by atoms with Crippen molar-refractivity contribution in [3.8, 4) is 0 Å². The summed E-state index contributed by atoms with van der Waals surface area (Å²) in [5.41, 5.74) is 1.24. The van der Waals surface area contributed by atoms with Gasteiger partial charge in [0.25, 0.3) is 0 Å². The summed E-state index contributed by atoms with van der Waals surface area (Å²) in [5.74, 6) is 0.550. The van der Waals surface area contributed by atoms with Gasteiger partial charge in [-0.1, -0.05) is 0 Å². The predicted octanol–water partition coefficient (Wildman–Crippen LogP) is 1.41. The van der Waals surface area contributed by atoms with Crippen LogP contribution in [0.3, 0.4) is 0 Å². The molecule has 0 aliphatic heterocycles. The lowest BCUT2D eigenvalue weighted by Crippen LogP contribution is -2.11. The van der Waals surface area contributed by atoms with Crippen molar-refractivity contribution < 1.29 is 19.2 Å². The lowest BCUT2D eigenvalue weighted by molar-refractivity contribution is 0.209. The topological polar surface area (TPSA) is 110 Å². The minimum Gasteiger partial charge on any atom is -0.611 e. The van der Waals surface area contributed by atoms with E-state index in [1.54, 1.807) is 25.3 Å². The van der Waals surface area contributed by atoms with Crippen molar-refractivity contribution in [2.45, 2.75) is 4.90 Å². The first-order valence-corrected chi connectivity index (χ1v) is 6.79. The van der Waals surface area contributed by atoms with Gasteiger partial charge in [-0.25, -0.2) is 9.78 Å². The second kappa shape index (κ2) is 5.91. The van der Waals surface area contributed by atoms with E-state index in [0.29, 0.717) is 28.3 Å². The molecule has 1 aromatic heterocycles. The van der Waals surface area contributed by atoms with E-state index in [4.69, 9.17) is 9.84 Å². The Balaban J connectivity index is 2.22. The third-order valence-corrected chi connectivity index (χ3v) is 3.73. The Morgan fingerprint density at radius 1 is 1.63 bits per heavy atom. The van der Waals surface area contributed by atoms with Crippen LogP contribution in [-0.2, 0) is 15.9 Å². The lowest BCUT2D eigenvalue weighted by atomic mass is 10.3. The van der Waals surface area contributed by atoms with Gasteiger partial charge >= 0.3 is 6.09 Å². The second-order valence-corrected chi connectivity index (χ2v) is 5.31. The van der Waals surface area contributed by atoms with E-state index >= 15 is 0 Å². The lowest BCUT2D eigenvalue weighted by Gasteiger charge is -2.09. The Hall–Kier alpha value is -1.77. The van der Waals surface area contributed by atoms with Crippen LogP contribution in [0.1, 0.15) is 0 Å². The average molecular weight is 283 g/mol. The number of ether oxygens (including phenoxy) is 1. The molecular formula is C11H13N3O4S. The van der Waals surface area contributed by atoms with Gasteiger partial charge in [0.2, 0.25) is 5.95 Å². The van der Waals surface area contributed by atoms with E-state index in [9.17, 15) is 9.35 Å². The number of benzene rings is 1. The number of hydrogen-bond donors (Lipinski definition) is 3. The van der Waals surface area contributed by atoms with Crippen LogP contribution in [-0.4, -0.2) is 45.2 Å². The molecule has 0 aliphatic rings. The third-order valence-electron chi connectivity index (χ3n) is 2.42. The molecule has 1 aromatic carbocycles. The molecule has 0 saturated heterocycles. The molecule has 3 N–H and O–H groups in total. The Morgan fingerprint density at radius 2 is 2.42 bits per heavy atom. The number of carboxylic acid groups (broad SMARTS) is 1. The molecule has 102 valence electrons. The molecule has 1 amide bonds. The summed E-state index contributed by atoms with van der Waals surface area (Å²) in [6.45, 7) is 0.414. The number of amides is 1. The molecular weight excluding hydrogens is 270 g/mol. The number of imidazole rings is 1. The first kappa shape index (κ1) is 13.7. The number of nitrogens with zero attached hydrogens (tertiary/aromatic N) is 1. The zero-order valence-corrected chi connectivity index (χ0v) is 11.0. The summed E-state index contributed by atoms with van der Waals surface area (Å²) in [7, 11) is 1.55. The largest absolute Gasteiger partial charge is 0.611 e. The monoisotopic (exact) mass is 283 g/mol. The van der Waals surface area contributed by atoms with Crippen LogP contribution in [0.4, 0.5) is 10.7 Å². The molecule has 19 heavy (non-hydrogen) atoms. The van der Waals surface area contributed by atoms with Crippen LogP contribution in [0, 0.1) is 0 Å². The van der Waals surface area contributed by atoms with Crippen LogP contribution in [0.15, 0.2) is 23.1 Å². The van der Waals surface area contributed by atoms with Crippen molar-refractivity contribution in [3.05, 3.63) is 18.2 Å². The number of aromatic amines is 1. The van der Waals surface area contributed by atoms with Gasteiger partial charge in [-0.2, -0.15) is 0 Å². The fraction of sp³-hybridized carbons (Fsp3) is 0.273. The van der Waals surface area contributed by atoms with Gasteiger partial charge in [0.05, 0.1) is 17.6 Å². The van der Waals surface area contributed by atoms with E-state index in [1.165, 1.54) is 0 Å². The number of hydrogen-bond acceptors (Lipinski definition) is 4. The predicted molar refractivity (Wildman–Crippen MR) is 70.9 cm³/mol. The third kappa shape index (κ3) is 3.37. The highest BCUT2D eigenvalue weighted by Gasteiger charge is 2.13. The molecule has 0 saturated carbocycles. The van der Waals surface area contributed by atoms with Gasteiger partial charge in [-0.15, -0.1) is 0 Å². The molecule has 1 unspecified atom stereocenters. The maximum absolute atomic E-state index is 11.9. The molecule has 8 heteroatoms. The molecule has 2 aromatic rings. The smallest absolute Gasteiger partial charge is 0.411 e. The van der Waals surface area contributed by atoms with Gasteiger partial charge in [0.1, 0.15) is 5.75 Å². The number of H-pyrrole nitrogens is 1. The standard InChI is InChI=1S/C11H13N3O4S/c1-18-4-5-19(17)7-2-3-8-9(6-7)13-10(12-8)14-11(15)16/h2-3,6H,4-5H2,1H3,(H,15,16)(H2,12,13,14). The number of rotatable bonds is 5. The fourth-order valence-corrected chi connectivity index (χ4v) is 2.58. The van der Waals surface area contributed by atoms with Crippen LogP contribution in [0.2, 0.25) is 0 Å². The number of nitrogens with one attached hydrogen (secondary N) is 2. The van der Waals surface area contributed by atoms with Gasteiger partial charge in [-0.3, -0.25) is 5.32 Å². The molecule has 1 heterocycles. The van der Waals surface area contributed by atoms with Crippen molar-refractivity contribution in [1.82, 2.24) is 9.97 Å². The van der Waals surface area contributed by atoms with E-state index in [-0.39, 0.29) is 5.95 Å². The normalized spacial score (nSPS) is 12.5. The number of anilines is 1. The number of carbonyl (C=O) groups is 1. The Bertz CT molecular complexity index is 586. The molecule has 0 bridgehead atoms. The van der Waals surface area contributed by atoms with Crippen molar-refractivity contribution in [3.63, 3.8) is 0 Å². The summed E-state index contributed by atoms with van der Waals surface area (Å²) in [5, 5.41) is 10.7.